The van der Waals surface area contributed by atoms with E-state index >= 15 is 0 Å². The Morgan fingerprint density at radius 1 is 1.26 bits per heavy atom. The third kappa shape index (κ3) is 2.62. The highest BCUT2D eigenvalue weighted by atomic mass is 79.9. The van der Waals surface area contributed by atoms with Crippen LogP contribution in [0.15, 0.2) is 22.7 Å². The molecule has 2 aromatic rings. The molecule has 100 valence electrons. The van der Waals surface area contributed by atoms with E-state index in [9.17, 15) is 4.39 Å². The van der Waals surface area contributed by atoms with Crippen LogP contribution in [0.5, 0.6) is 0 Å². The topological polar surface area (TPSA) is 56.8 Å². The summed E-state index contributed by atoms with van der Waals surface area (Å²) in [6.45, 7) is 3.66. The van der Waals surface area contributed by atoms with Crippen LogP contribution in [-0.2, 0) is 0 Å². The van der Waals surface area contributed by atoms with Crippen molar-refractivity contribution in [1.29, 1.82) is 0 Å². The lowest BCUT2D eigenvalue weighted by Gasteiger charge is -2.25. The van der Waals surface area contributed by atoms with Crippen LogP contribution < -0.4 is 10.2 Å². The van der Waals surface area contributed by atoms with Crippen LogP contribution in [0, 0.1) is 5.82 Å². The van der Waals surface area contributed by atoms with Crippen molar-refractivity contribution in [1.82, 2.24) is 20.5 Å². The van der Waals surface area contributed by atoms with Gasteiger partial charge in [-0.25, -0.2) is 4.39 Å². The Balaban J connectivity index is 1.85. The summed E-state index contributed by atoms with van der Waals surface area (Å²) >= 11 is 3.17. The molecule has 1 aliphatic rings. The van der Waals surface area contributed by atoms with Crippen molar-refractivity contribution in [3.63, 3.8) is 0 Å². The van der Waals surface area contributed by atoms with E-state index in [1.807, 2.05) is 0 Å². The lowest BCUT2D eigenvalue weighted by molar-refractivity contribution is 0.580. The van der Waals surface area contributed by atoms with Gasteiger partial charge in [-0.15, -0.1) is 5.10 Å². The molecule has 3 rings (SSSR count). The third-order valence-corrected chi connectivity index (χ3v) is 3.67. The van der Waals surface area contributed by atoms with Crippen molar-refractivity contribution in [3.05, 3.63) is 28.5 Å². The molecular weight excluding hydrogens is 313 g/mol. The largest absolute Gasteiger partial charge is 0.337 e. The van der Waals surface area contributed by atoms with Gasteiger partial charge in [0, 0.05) is 31.7 Å². The first-order chi connectivity index (χ1) is 9.24. The molecule has 1 aliphatic heterocycles. The number of nitrogens with zero attached hydrogens (tertiary/aromatic N) is 3. The molecule has 0 saturated carbocycles. The van der Waals surface area contributed by atoms with Gasteiger partial charge in [-0.1, -0.05) is 0 Å². The van der Waals surface area contributed by atoms with Crippen LogP contribution in [0.1, 0.15) is 0 Å². The molecule has 1 fully saturated rings. The van der Waals surface area contributed by atoms with E-state index in [4.69, 9.17) is 0 Å². The van der Waals surface area contributed by atoms with Crippen molar-refractivity contribution < 1.29 is 4.39 Å². The number of nitrogens with one attached hydrogen (secondary N) is 2. The van der Waals surface area contributed by atoms with E-state index in [1.54, 1.807) is 12.1 Å². The van der Waals surface area contributed by atoms with E-state index in [1.165, 1.54) is 6.07 Å². The Kier molecular flexibility index (Phi) is 3.48. The predicted octanol–water partition coefficient (Wildman–Crippen LogP) is 1.78. The van der Waals surface area contributed by atoms with Gasteiger partial charge in [-0.05, 0) is 34.1 Å². The van der Waals surface area contributed by atoms with Crippen LogP contribution in [0.25, 0.3) is 11.4 Å². The minimum atomic E-state index is -0.286. The number of aromatic nitrogens is 3. The second-order valence-corrected chi connectivity index (χ2v) is 5.20. The summed E-state index contributed by atoms with van der Waals surface area (Å²) in [4.78, 5) is 6.58. The molecule has 0 atom stereocenters. The van der Waals surface area contributed by atoms with Crippen molar-refractivity contribution in [2.75, 3.05) is 31.1 Å². The molecular formula is C12H13BrFN5. The number of halogens is 2. The summed E-state index contributed by atoms with van der Waals surface area (Å²) in [6.07, 6.45) is 0. The summed E-state index contributed by atoms with van der Waals surface area (Å²) in [5.41, 5.74) is 0.808. The number of rotatable bonds is 2. The zero-order valence-electron chi connectivity index (χ0n) is 10.2. The van der Waals surface area contributed by atoms with Gasteiger partial charge in [-0.3, -0.25) is 5.10 Å². The number of piperazine rings is 1. The molecule has 1 saturated heterocycles. The van der Waals surface area contributed by atoms with Gasteiger partial charge in [0.25, 0.3) is 0 Å². The first-order valence-electron chi connectivity index (χ1n) is 6.07. The van der Waals surface area contributed by atoms with Gasteiger partial charge in [0.1, 0.15) is 5.82 Å². The summed E-state index contributed by atoms with van der Waals surface area (Å²) in [6, 6.07) is 4.78. The quantitative estimate of drug-likeness (QED) is 0.883. The van der Waals surface area contributed by atoms with Gasteiger partial charge in [-0.2, -0.15) is 4.98 Å². The van der Waals surface area contributed by atoms with Crippen LogP contribution in [-0.4, -0.2) is 41.4 Å². The number of hydrogen-bond donors (Lipinski definition) is 2. The first kappa shape index (κ1) is 12.6. The average molecular weight is 326 g/mol. The molecule has 1 aromatic heterocycles. The lowest BCUT2D eigenvalue weighted by Crippen LogP contribution is -2.44. The van der Waals surface area contributed by atoms with Gasteiger partial charge in [0.05, 0.1) is 4.47 Å². The monoisotopic (exact) mass is 325 g/mol. The number of benzene rings is 1. The highest BCUT2D eigenvalue weighted by Crippen LogP contribution is 2.23. The summed E-state index contributed by atoms with van der Waals surface area (Å²) in [5, 5.41) is 10.4. The van der Waals surface area contributed by atoms with Gasteiger partial charge in [0.2, 0.25) is 5.95 Å². The van der Waals surface area contributed by atoms with E-state index in [0.717, 1.165) is 31.7 Å². The Morgan fingerprint density at radius 3 is 2.79 bits per heavy atom. The predicted molar refractivity (Wildman–Crippen MR) is 74.6 cm³/mol. The van der Waals surface area contributed by atoms with Crippen molar-refractivity contribution >= 4 is 21.9 Å². The fourth-order valence-corrected chi connectivity index (χ4v) is 2.41. The van der Waals surface area contributed by atoms with E-state index in [0.29, 0.717) is 16.2 Å². The molecule has 0 bridgehead atoms. The molecule has 0 amide bonds. The van der Waals surface area contributed by atoms with Crippen molar-refractivity contribution in [3.8, 4) is 11.4 Å². The minimum absolute atomic E-state index is 0.286. The third-order valence-electron chi connectivity index (χ3n) is 3.07. The number of H-pyrrole nitrogens is 1. The molecule has 0 unspecified atom stereocenters. The van der Waals surface area contributed by atoms with Crippen LogP contribution >= 0.6 is 15.9 Å². The second-order valence-electron chi connectivity index (χ2n) is 4.35. The summed E-state index contributed by atoms with van der Waals surface area (Å²) in [5.74, 6) is 1.05. The van der Waals surface area contributed by atoms with Crippen LogP contribution in [0.3, 0.4) is 0 Å². The fraction of sp³-hybridized carbons (Fsp3) is 0.333. The molecule has 0 radical (unpaired) electrons. The highest BCUT2D eigenvalue weighted by molar-refractivity contribution is 9.10. The molecule has 7 heteroatoms. The number of aromatic amines is 1. The lowest BCUT2D eigenvalue weighted by atomic mass is 10.2. The SMILES string of the molecule is Fc1ccc(-c2nc(N3CCNCC3)n[nH]2)cc1Br. The Labute approximate surface area is 118 Å². The maximum absolute atomic E-state index is 13.2. The minimum Gasteiger partial charge on any atom is -0.337 e. The smallest absolute Gasteiger partial charge is 0.245 e. The fourth-order valence-electron chi connectivity index (χ4n) is 2.03. The second kappa shape index (κ2) is 5.26. The van der Waals surface area contributed by atoms with Gasteiger partial charge >= 0.3 is 0 Å². The van der Waals surface area contributed by atoms with E-state index in [2.05, 4.69) is 41.3 Å². The number of anilines is 1. The number of hydrogen-bond acceptors (Lipinski definition) is 4. The summed E-state index contributed by atoms with van der Waals surface area (Å²) < 4.78 is 13.6. The maximum atomic E-state index is 13.2. The highest BCUT2D eigenvalue weighted by Gasteiger charge is 2.15. The average Bonchev–Trinajstić information content (AvgIpc) is 2.93. The van der Waals surface area contributed by atoms with Crippen molar-refractivity contribution in [2.24, 2.45) is 0 Å². The molecule has 5 nitrogen and oxygen atoms in total. The Bertz CT molecular complexity index is 579. The normalized spacial score (nSPS) is 15.8. The molecule has 19 heavy (non-hydrogen) atoms. The molecule has 2 heterocycles. The Hall–Kier alpha value is -1.47. The van der Waals surface area contributed by atoms with Gasteiger partial charge < -0.3 is 10.2 Å². The zero-order valence-corrected chi connectivity index (χ0v) is 11.7. The van der Waals surface area contributed by atoms with E-state index < -0.39 is 0 Å². The van der Waals surface area contributed by atoms with Gasteiger partial charge in [0.15, 0.2) is 5.82 Å². The summed E-state index contributed by atoms with van der Waals surface area (Å²) in [7, 11) is 0. The van der Waals surface area contributed by atoms with Crippen molar-refractivity contribution in [2.45, 2.75) is 0 Å². The zero-order chi connectivity index (χ0) is 13.2. The first-order valence-corrected chi connectivity index (χ1v) is 6.87. The Morgan fingerprint density at radius 2 is 2.05 bits per heavy atom. The molecule has 0 spiro atoms. The molecule has 1 aromatic carbocycles. The van der Waals surface area contributed by atoms with Crippen LogP contribution in [0.2, 0.25) is 0 Å². The maximum Gasteiger partial charge on any atom is 0.245 e. The molecule has 2 N–H and O–H groups in total. The van der Waals surface area contributed by atoms with E-state index in [-0.39, 0.29) is 5.82 Å². The molecule has 0 aliphatic carbocycles. The van der Waals surface area contributed by atoms with Crippen LogP contribution in [0.4, 0.5) is 10.3 Å². The standard InChI is InChI=1S/C12H13BrFN5/c13-9-7-8(1-2-10(9)14)11-16-12(18-17-11)19-5-3-15-4-6-19/h1-2,7,15H,3-6H2,(H,16,17,18).